The van der Waals surface area contributed by atoms with Crippen LogP contribution in [-0.2, 0) is 67.2 Å². The Balaban J connectivity index is 6.42. The highest BCUT2D eigenvalue weighted by Gasteiger charge is 2.36. The summed E-state index contributed by atoms with van der Waals surface area (Å²) < 4.78 is 0. The largest absolute Gasteiger partial charge is 0.481 e. The molecular weight excluding hydrogens is 1020 g/mol. The Morgan fingerprint density at radius 3 is 1.32 bits per heavy atom. The number of hydrogen-bond acceptors (Lipinski definition) is 19. The number of carboxylic acid groups (broad SMARTS) is 3. The molecule has 0 aliphatic heterocycles. The second kappa shape index (κ2) is 41.0. The van der Waals surface area contributed by atoms with Gasteiger partial charge in [0.05, 0.1) is 42.9 Å². The van der Waals surface area contributed by atoms with Crippen molar-refractivity contribution in [1.82, 2.24) is 21.3 Å². The van der Waals surface area contributed by atoms with Crippen LogP contribution in [0.15, 0.2) is 0 Å². The van der Waals surface area contributed by atoms with Crippen molar-refractivity contribution in [1.29, 1.82) is 0 Å². The first kappa shape index (κ1) is 71.9. The minimum absolute atomic E-state index is 0.0897. The van der Waals surface area contributed by atoms with Gasteiger partial charge in [-0.15, -0.1) is 0 Å². The van der Waals surface area contributed by atoms with E-state index >= 15 is 0 Å². The Labute approximate surface area is 455 Å². The normalized spacial score (nSPS) is 14.3. The maximum absolute atomic E-state index is 14.1. The topological polar surface area (TPSA) is 496 Å². The third-order valence-electron chi connectivity index (χ3n) is 13.1. The zero-order valence-electron chi connectivity index (χ0n) is 45.3. The molecule has 0 aliphatic rings. The first-order valence-corrected chi connectivity index (χ1v) is 26.7. The fourth-order valence-electron chi connectivity index (χ4n) is 8.55. The van der Waals surface area contributed by atoms with Crippen molar-refractivity contribution in [3.8, 4) is 0 Å². The monoisotopic (exact) mass is 1110 g/mol. The van der Waals surface area contributed by atoms with Crippen LogP contribution in [0.1, 0.15) is 155 Å². The number of amides is 5. The van der Waals surface area contributed by atoms with E-state index in [1.54, 1.807) is 0 Å². The zero-order chi connectivity index (χ0) is 59.3. The van der Waals surface area contributed by atoms with E-state index in [0.717, 1.165) is 0 Å². The van der Waals surface area contributed by atoms with Gasteiger partial charge in [0, 0.05) is 62.7 Å². The number of unbranched alkanes of at least 4 members (excludes halogenated alkanes) is 4. The predicted octanol–water partition coefficient (Wildman–Crippen LogP) is -1.06. The number of carboxylic acids is 3. The Morgan fingerprint density at radius 2 is 0.859 bits per heavy atom. The molecular formula is C51H88N10O17. The summed E-state index contributed by atoms with van der Waals surface area (Å²) in [6.07, 6.45) is -1.29. The molecule has 0 spiro atoms. The van der Waals surface area contributed by atoms with Gasteiger partial charge >= 0.3 is 17.9 Å². The molecule has 78 heavy (non-hydrogen) atoms. The molecule has 0 heterocycles. The molecule has 19 N–H and O–H groups in total. The van der Waals surface area contributed by atoms with Crippen LogP contribution >= 0.6 is 0 Å². The average Bonchev–Trinajstić information content (AvgIpc) is 3.36. The lowest BCUT2D eigenvalue weighted by Gasteiger charge is -2.26. The highest BCUT2D eigenvalue weighted by molar-refractivity contribution is 5.99. The van der Waals surface area contributed by atoms with Crippen molar-refractivity contribution >= 4 is 76.4 Å². The SMILES string of the molecule is CC(C)[C@H](CC(=O)[C@H](CCC(=O)O)NC(=O)[C@H](CC(=O)O)CC(=O)CON)C(=O)N[C@@H](CC(=O)O)C(=O)CCC(=O)N[C@@H](CCCCN)C(=O)C[C@@H](CCCCN)C(=O)N[C@@H](CCCCN)C(=O)C[C@@H](CCCCN)C(N)=O. The van der Waals surface area contributed by atoms with E-state index in [1.165, 1.54) is 13.8 Å². The molecule has 0 aliphatic carbocycles. The van der Waals surface area contributed by atoms with Crippen LogP contribution in [0.3, 0.4) is 0 Å². The number of Topliss-reactive ketones (excluding diaryl/α,β-unsaturated/α-hetero) is 5. The third kappa shape index (κ3) is 31.3. The molecule has 0 saturated heterocycles. The molecule has 0 radical (unpaired) electrons. The Hall–Kier alpha value is -6.13. The fraction of sp³-hybridized carbons (Fsp3) is 0.745. The number of carbonyl (C=O) groups is 13. The van der Waals surface area contributed by atoms with Gasteiger partial charge in [-0.3, -0.25) is 67.2 Å². The minimum Gasteiger partial charge on any atom is -0.481 e. The van der Waals surface area contributed by atoms with Gasteiger partial charge in [0.15, 0.2) is 28.9 Å². The van der Waals surface area contributed by atoms with E-state index in [2.05, 4.69) is 26.1 Å². The lowest BCUT2D eigenvalue weighted by atomic mass is 9.86. The molecule has 444 valence electrons. The van der Waals surface area contributed by atoms with Crippen molar-refractivity contribution < 1.29 is 82.5 Å². The average molecular weight is 1110 g/mol. The number of hydrogen-bond donors (Lipinski definition) is 13. The molecule has 27 heteroatoms. The van der Waals surface area contributed by atoms with Crippen LogP contribution in [0.25, 0.3) is 0 Å². The standard InChI is InChI=1S/C51H88N10O17/c1-30(2)35(27-43(66)38(15-18-45(68)69)60-50(76)33(26-46(70)71)23-34(62)29-78-57)51(77)61-39(28-47(72)73)40(63)16-17-44(67)58-36(13-5-9-21-54)42(65)25-32(12-4-8-20-53)49(75)59-37(14-6-10-22-55)41(64)24-31(48(56)74)11-3-7-19-52/h30-33,35-39H,3-29,52-55,57H2,1-2H3,(H2,56,74)(H,58,67)(H,59,75)(H,60,76)(H,61,77)(H,68,69)(H,70,71)(H,72,73)/t31-,32-,33+,35+,36+,37+,38+,39+/m1/s1. The van der Waals surface area contributed by atoms with Crippen LogP contribution in [-0.4, -0.2) is 149 Å². The zero-order valence-corrected chi connectivity index (χ0v) is 45.3. The van der Waals surface area contributed by atoms with Gasteiger partial charge in [-0.25, -0.2) is 5.90 Å². The number of nitrogens with one attached hydrogen (secondary N) is 4. The molecule has 0 aromatic carbocycles. The summed E-state index contributed by atoms with van der Waals surface area (Å²) in [7, 11) is 0. The second-order valence-corrected chi connectivity index (χ2v) is 19.9. The van der Waals surface area contributed by atoms with Gasteiger partial charge < -0.3 is 65.3 Å². The van der Waals surface area contributed by atoms with E-state index in [-0.39, 0.29) is 38.6 Å². The molecule has 27 nitrogen and oxygen atoms in total. The summed E-state index contributed by atoms with van der Waals surface area (Å²) in [5, 5.41) is 38.5. The van der Waals surface area contributed by atoms with Crippen molar-refractivity contribution in [3.63, 3.8) is 0 Å². The Morgan fingerprint density at radius 1 is 0.423 bits per heavy atom. The summed E-state index contributed by atoms with van der Waals surface area (Å²) in [4.78, 5) is 173. The molecule has 0 aromatic rings. The van der Waals surface area contributed by atoms with Crippen molar-refractivity contribution in [2.75, 3.05) is 32.8 Å². The first-order chi connectivity index (χ1) is 36.8. The van der Waals surface area contributed by atoms with Gasteiger partial charge in [-0.2, -0.15) is 0 Å². The number of ketones is 5. The fourth-order valence-corrected chi connectivity index (χ4v) is 8.55. The molecule has 0 unspecified atom stereocenters. The van der Waals surface area contributed by atoms with Crippen molar-refractivity contribution in [2.45, 2.75) is 179 Å². The van der Waals surface area contributed by atoms with Crippen LogP contribution in [0, 0.1) is 29.6 Å². The van der Waals surface area contributed by atoms with Crippen molar-refractivity contribution in [2.24, 2.45) is 64.2 Å². The molecule has 0 saturated carbocycles. The van der Waals surface area contributed by atoms with Crippen LogP contribution < -0.4 is 55.8 Å². The maximum atomic E-state index is 14.1. The number of rotatable bonds is 49. The summed E-state index contributed by atoms with van der Waals surface area (Å²) >= 11 is 0. The maximum Gasteiger partial charge on any atom is 0.305 e. The number of primary amides is 1. The van der Waals surface area contributed by atoms with Gasteiger partial charge in [0.25, 0.3) is 0 Å². The minimum atomic E-state index is -1.73. The van der Waals surface area contributed by atoms with E-state index in [0.29, 0.717) is 77.4 Å². The van der Waals surface area contributed by atoms with Gasteiger partial charge in [-0.1, -0.05) is 26.7 Å². The van der Waals surface area contributed by atoms with Gasteiger partial charge in [0.1, 0.15) is 6.61 Å². The van der Waals surface area contributed by atoms with Crippen LogP contribution in [0.2, 0.25) is 0 Å². The van der Waals surface area contributed by atoms with E-state index in [9.17, 15) is 77.6 Å². The van der Waals surface area contributed by atoms with Gasteiger partial charge in [-0.05, 0) is 103 Å². The molecule has 0 rings (SSSR count). The Kier molecular flexibility index (Phi) is 37.8. The number of carbonyl (C=O) groups excluding carboxylic acids is 10. The lowest BCUT2D eigenvalue weighted by Crippen LogP contribution is -2.49. The molecule has 0 aromatic heterocycles. The number of aliphatic carboxylic acids is 3. The summed E-state index contributed by atoms with van der Waals surface area (Å²) in [5.74, 6) is -12.3. The first-order valence-electron chi connectivity index (χ1n) is 26.7. The lowest BCUT2D eigenvalue weighted by molar-refractivity contribution is -0.143. The highest BCUT2D eigenvalue weighted by atomic mass is 16.6. The molecule has 8 atom stereocenters. The predicted molar refractivity (Wildman–Crippen MR) is 282 cm³/mol. The summed E-state index contributed by atoms with van der Waals surface area (Å²) in [5.41, 5.74) is 28.4. The van der Waals surface area contributed by atoms with E-state index in [1.807, 2.05) is 0 Å². The van der Waals surface area contributed by atoms with E-state index < -0.39 is 188 Å². The Bertz CT molecular complexity index is 1990. The van der Waals surface area contributed by atoms with Crippen LogP contribution in [0.4, 0.5) is 0 Å². The smallest absolute Gasteiger partial charge is 0.305 e. The summed E-state index contributed by atoms with van der Waals surface area (Å²) in [6, 6.07) is -5.51. The van der Waals surface area contributed by atoms with Crippen molar-refractivity contribution in [3.05, 3.63) is 0 Å². The highest BCUT2D eigenvalue weighted by Crippen LogP contribution is 2.23. The molecule has 5 amide bonds. The number of nitrogens with two attached hydrogens (primary N) is 6. The van der Waals surface area contributed by atoms with Crippen LogP contribution in [0.5, 0.6) is 0 Å². The third-order valence-corrected chi connectivity index (χ3v) is 13.1. The molecule has 0 fully saturated rings. The second-order valence-electron chi connectivity index (χ2n) is 19.9. The van der Waals surface area contributed by atoms with Gasteiger partial charge in [0.2, 0.25) is 29.5 Å². The van der Waals surface area contributed by atoms with E-state index in [4.69, 9.17) is 34.6 Å². The molecule has 0 bridgehead atoms. The quantitative estimate of drug-likeness (QED) is 0.0255. The summed E-state index contributed by atoms with van der Waals surface area (Å²) in [6.45, 7) is 3.66.